The molecule has 90 valence electrons. The third kappa shape index (κ3) is 2.56. The van der Waals surface area contributed by atoms with Crippen LogP contribution in [0.3, 0.4) is 0 Å². The van der Waals surface area contributed by atoms with E-state index in [0.29, 0.717) is 5.56 Å². The van der Waals surface area contributed by atoms with Crippen molar-refractivity contribution in [3.05, 3.63) is 57.5 Å². The zero-order chi connectivity index (χ0) is 12.5. The van der Waals surface area contributed by atoms with Crippen molar-refractivity contribution in [2.45, 2.75) is 25.9 Å². The Hall–Kier alpha value is -1.19. The molecule has 0 fully saturated rings. The van der Waals surface area contributed by atoms with Gasteiger partial charge in [0.1, 0.15) is 5.82 Å². The summed E-state index contributed by atoms with van der Waals surface area (Å²) in [5.74, 6) is -0.263. The van der Waals surface area contributed by atoms with E-state index < -0.39 is 5.60 Å². The third-order valence-electron chi connectivity index (χ3n) is 2.93. The lowest BCUT2D eigenvalue weighted by atomic mass is 9.89. The van der Waals surface area contributed by atoms with Gasteiger partial charge in [0.25, 0.3) is 0 Å². The van der Waals surface area contributed by atoms with Crippen LogP contribution in [-0.4, -0.2) is 5.11 Å². The maximum absolute atomic E-state index is 13.6. The third-order valence-corrected chi connectivity index (χ3v) is 3.78. The number of aryl methyl sites for hydroxylation is 1. The van der Waals surface area contributed by atoms with E-state index in [1.54, 1.807) is 36.5 Å². The van der Waals surface area contributed by atoms with Crippen molar-refractivity contribution in [1.82, 2.24) is 0 Å². The van der Waals surface area contributed by atoms with Gasteiger partial charge in [0.2, 0.25) is 0 Å². The summed E-state index contributed by atoms with van der Waals surface area (Å²) in [5, 5.41) is 12.4. The molecule has 2 rings (SSSR count). The molecular formula is C14H15FOS. The standard InChI is InChI=1S/C14H15FOS/c1-10-12(7-8-17-10)14(2,16)9-11-5-3-4-6-13(11)15/h3-8,16H,9H2,1-2H3. The molecule has 17 heavy (non-hydrogen) atoms. The van der Waals surface area contributed by atoms with Crippen LogP contribution < -0.4 is 0 Å². The molecule has 1 aromatic carbocycles. The van der Waals surface area contributed by atoms with Gasteiger partial charge in [0, 0.05) is 11.3 Å². The second-order valence-corrected chi connectivity index (χ2v) is 5.55. The van der Waals surface area contributed by atoms with E-state index in [0.717, 1.165) is 10.4 Å². The van der Waals surface area contributed by atoms with Crippen LogP contribution in [0.5, 0.6) is 0 Å². The van der Waals surface area contributed by atoms with Crippen LogP contribution in [0, 0.1) is 12.7 Å². The smallest absolute Gasteiger partial charge is 0.126 e. The minimum Gasteiger partial charge on any atom is -0.385 e. The van der Waals surface area contributed by atoms with Crippen molar-refractivity contribution in [2.75, 3.05) is 0 Å². The van der Waals surface area contributed by atoms with Crippen molar-refractivity contribution in [1.29, 1.82) is 0 Å². The molecule has 1 nitrogen and oxygen atoms in total. The van der Waals surface area contributed by atoms with Crippen LogP contribution in [0.1, 0.15) is 22.9 Å². The van der Waals surface area contributed by atoms with E-state index in [-0.39, 0.29) is 12.2 Å². The summed E-state index contributed by atoms with van der Waals surface area (Å²) >= 11 is 1.59. The Morgan fingerprint density at radius 3 is 2.59 bits per heavy atom. The van der Waals surface area contributed by atoms with Gasteiger partial charge in [-0.1, -0.05) is 18.2 Å². The predicted octanol–water partition coefficient (Wildman–Crippen LogP) is 3.65. The Bertz CT molecular complexity index is 516. The van der Waals surface area contributed by atoms with Gasteiger partial charge in [0.15, 0.2) is 0 Å². The van der Waals surface area contributed by atoms with Gasteiger partial charge in [-0.3, -0.25) is 0 Å². The van der Waals surface area contributed by atoms with Crippen molar-refractivity contribution in [3.8, 4) is 0 Å². The van der Waals surface area contributed by atoms with E-state index in [2.05, 4.69) is 0 Å². The zero-order valence-electron chi connectivity index (χ0n) is 9.90. The number of benzene rings is 1. The number of thiophene rings is 1. The summed E-state index contributed by atoms with van der Waals surface area (Å²) in [6.07, 6.45) is 0.289. The number of halogens is 1. The maximum atomic E-state index is 13.6. The van der Waals surface area contributed by atoms with Gasteiger partial charge < -0.3 is 5.11 Å². The second kappa shape index (κ2) is 4.59. The van der Waals surface area contributed by atoms with E-state index >= 15 is 0 Å². The normalized spacial score (nSPS) is 14.6. The summed E-state index contributed by atoms with van der Waals surface area (Å²) < 4.78 is 13.6. The molecule has 1 unspecified atom stereocenters. The zero-order valence-corrected chi connectivity index (χ0v) is 10.7. The summed E-state index contributed by atoms with van der Waals surface area (Å²) in [6.45, 7) is 3.70. The van der Waals surface area contributed by atoms with Crippen molar-refractivity contribution in [3.63, 3.8) is 0 Å². The second-order valence-electron chi connectivity index (χ2n) is 4.43. The lowest BCUT2D eigenvalue weighted by molar-refractivity contribution is 0.0566. The molecule has 0 radical (unpaired) electrons. The summed E-state index contributed by atoms with van der Waals surface area (Å²) in [5.41, 5.74) is 0.403. The maximum Gasteiger partial charge on any atom is 0.126 e. The van der Waals surface area contributed by atoms with Gasteiger partial charge in [-0.2, -0.15) is 0 Å². The molecule has 3 heteroatoms. The van der Waals surface area contributed by atoms with Crippen LogP contribution in [0.2, 0.25) is 0 Å². The first kappa shape index (κ1) is 12.3. The molecule has 1 heterocycles. The first-order valence-electron chi connectivity index (χ1n) is 5.51. The van der Waals surface area contributed by atoms with Gasteiger partial charge in [-0.05, 0) is 42.5 Å². The van der Waals surface area contributed by atoms with Crippen LogP contribution in [0.4, 0.5) is 4.39 Å². The van der Waals surface area contributed by atoms with E-state index in [1.807, 2.05) is 18.4 Å². The minimum absolute atomic E-state index is 0.263. The van der Waals surface area contributed by atoms with Crippen molar-refractivity contribution >= 4 is 11.3 Å². The monoisotopic (exact) mass is 250 g/mol. The number of hydrogen-bond acceptors (Lipinski definition) is 2. The highest BCUT2D eigenvalue weighted by Gasteiger charge is 2.27. The van der Waals surface area contributed by atoms with Gasteiger partial charge in [-0.15, -0.1) is 11.3 Å². The summed E-state index contributed by atoms with van der Waals surface area (Å²) in [7, 11) is 0. The van der Waals surface area contributed by atoms with Crippen molar-refractivity contribution < 1.29 is 9.50 Å². The highest BCUT2D eigenvalue weighted by atomic mass is 32.1. The van der Waals surface area contributed by atoms with Gasteiger partial charge in [-0.25, -0.2) is 4.39 Å². The lowest BCUT2D eigenvalue weighted by Gasteiger charge is -2.24. The molecule has 0 aliphatic heterocycles. The van der Waals surface area contributed by atoms with Crippen LogP contribution in [0.25, 0.3) is 0 Å². The van der Waals surface area contributed by atoms with E-state index in [4.69, 9.17) is 0 Å². The Labute approximate surface area is 105 Å². The molecule has 1 aromatic heterocycles. The highest BCUT2D eigenvalue weighted by Crippen LogP contribution is 2.31. The molecule has 0 aliphatic carbocycles. The molecule has 0 saturated carbocycles. The fourth-order valence-electron chi connectivity index (χ4n) is 2.05. The fraction of sp³-hybridized carbons (Fsp3) is 0.286. The molecule has 1 N–H and O–H groups in total. The quantitative estimate of drug-likeness (QED) is 0.881. The number of rotatable bonds is 3. The van der Waals surface area contributed by atoms with E-state index in [1.165, 1.54) is 6.07 Å². The largest absolute Gasteiger partial charge is 0.385 e. The Morgan fingerprint density at radius 2 is 2.00 bits per heavy atom. The summed E-state index contributed by atoms with van der Waals surface area (Å²) in [4.78, 5) is 1.08. The minimum atomic E-state index is -1.02. The molecule has 0 saturated heterocycles. The van der Waals surface area contributed by atoms with Crippen LogP contribution >= 0.6 is 11.3 Å². The topological polar surface area (TPSA) is 20.2 Å². The SMILES string of the molecule is Cc1sccc1C(C)(O)Cc1ccccc1F. The first-order valence-corrected chi connectivity index (χ1v) is 6.39. The molecular weight excluding hydrogens is 235 g/mol. The molecule has 0 spiro atoms. The fourth-order valence-corrected chi connectivity index (χ4v) is 2.87. The average molecular weight is 250 g/mol. The molecule has 0 bridgehead atoms. The van der Waals surface area contributed by atoms with Gasteiger partial charge >= 0.3 is 0 Å². The van der Waals surface area contributed by atoms with Crippen LogP contribution in [-0.2, 0) is 12.0 Å². The van der Waals surface area contributed by atoms with Gasteiger partial charge in [0.05, 0.1) is 5.60 Å². The summed E-state index contributed by atoms with van der Waals surface area (Å²) in [6, 6.07) is 8.48. The Morgan fingerprint density at radius 1 is 1.29 bits per heavy atom. The Balaban J connectivity index is 2.30. The number of hydrogen-bond donors (Lipinski definition) is 1. The van der Waals surface area contributed by atoms with Crippen LogP contribution in [0.15, 0.2) is 35.7 Å². The van der Waals surface area contributed by atoms with E-state index in [9.17, 15) is 9.50 Å². The average Bonchev–Trinajstić information content (AvgIpc) is 2.68. The highest BCUT2D eigenvalue weighted by molar-refractivity contribution is 7.10. The lowest BCUT2D eigenvalue weighted by Crippen LogP contribution is -2.25. The molecule has 0 amide bonds. The first-order chi connectivity index (χ1) is 8.00. The molecule has 0 aliphatic rings. The predicted molar refractivity (Wildman–Crippen MR) is 68.7 cm³/mol. The molecule has 1 atom stereocenters. The Kier molecular flexibility index (Phi) is 3.31. The number of aliphatic hydroxyl groups is 1. The van der Waals surface area contributed by atoms with Crippen molar-refractivity contribution in [2.24, 2.45) is 0 Å². The molecule has 2 aromatic rings.